The van der Waals surface area contributed by atoms with E-state index in [1.54, 1.807) is 14.2 Å². The second-order valence-corrected chi connectivity index (χ2v) is 4.82. The van der Waals surface area contributed by atoms with Crippen LogP contribution in [-0.2, 0) is 12.8 Å². The Labute approximate surface area is 103 Å². The summed E-state index contributed by atoms with van der Waals surface area (Å²) in [6.07, 6.45) is 4.04. The monoisotopic (exact) mass is 235 g/mol. The highest BCUT2D eigenvalue weighted by atomic mass is 16.5. The van der Waals surface area contributed by atoms with Crippen LogP contribution in [0.5, 0.6) is 11.5 Å². The smallest absolute Gasteiger partial charge is 0.122 e. The molecule has 2 rings (SSSR count). The molecule has 3 nitrogen and oxygen atoms in total. The Kier molecular flexibility index (Phi) is 3.29. The molecule has 0 bridgehead atoms. The van der Waals surface area contributed by atoms with E-state index in [-0.39, 0.29) is 5.54 Å². The van der Waals surface area contributed by atoms with E-state index in [9.17, 15) is 0 Å². The summed E-state index contributed by atoms with van der Waals surface area (Å²) >= 11 is 0. The molecule has 0 amide bonds. The largest absolute Gasteiger partial charge is 0.496 e. The fraction of sp³-hybridized carbons (Fsp3) is 0.571. The maximum atomic E-state index is 6.22. The molecular weight excluding hydrogens is 214 g/mol. The second-order valence-electron chi connectivity index (χ2n) is 4.82. The maximum absolute atomic E-state index is 6.22. The molecule has 2 N–H and O–H groups in total. The van der Waals surface area contributed by atoms with Crippen LogP contribution in [0.25, 0.3) is 0 Å². The lowest BCUT2D eigenvalue weighted by Crippen LogP contribution is -2.25. The molecule has 0 aromatic heterocycles. The van der Waals surface area contributed by atoms with E-state index in [1.165, 1.54) is 11.1 Å². The number of hydrogen-bond donors (Lipinski definition) is 1. The molecule has 1 aliphatic carbocycles. The van der Waals surface area contributed by atoms with Crippen LogP contribution >= 0.6 is 0 Å². The zero-order valence-corrected chi connectivity index (χ0v) is 10.9. The highest BCUT2D eigenvalue weighted by Gasteiger charge is 2.39. The van der Waals surface area contributed by atoms with Gasteiger partial charge in [0, 0.05) is 16.7 Å². The second kappa shape index (κ2) is 4.57. The Morgan fingerprint density at radius 3 is 2.06 bits per heavy atom. The molecule has 0 radical (unpaired) electrons. The van der Waals surface area contributed by atoms with Gasteiger partial charge in [-0.15, -0.1) is 0 Å². The van der Waals surface area contributed by atoms with Crippen LogP contribution in [0.1, 0.15) is 30.9 Å². The first kappa shape index (κ1) is 12.2. The first-order valence-electron chi connectivity index (χ1n) is 6.15. The first-order chi connectivity index (χ1) is 8.13. The summed E-state index contributed by atoms with van der Waals surface area (Å²) in [4.78, 5) is 0. The molecule has 1 aliphatic rings. The standard InChI is InChI=1S/C14H21NO2/c1-4-10-11(9-14(15)7-8-14)13(17-3)6-5-12(10)16-2/h5-6H,4,7-9,15H2,1-3H3. The molecule has 94 valence electrons. The lowest BCUT2D eigenvalue weighted by Gasteiger charge is -2.19. The van der Waals surface area contributed by atoms with E-state index in [4.69, 9.17) is 15.2 Å². The summed E-state index contributed by atoms with van der Waals surface area (Å²) in [5.74, 6) is 1.87. The number of benzene rings is 1. The quantitative estimate of drug-likeness (QED) is 0.851. The molecule has 0 heterocycles. The fourth-order valence-corrected chi connectivity index (χ4v) is 2.30. The van der Waals surface area contributed by atoms with Crippen molar-refractivity contribution in [3.05, 3.63) is 23.3 Å². The van der Waals surface area contributed by atoms with Crippen LogP contribution in [-0.4, -0.2) is 19.8 Å². The lowest BCUT2D eigenvalue weighted by molar-refractivity contribution is 0.392. The summed E-state index contributed by atoms with van der Waals surface area (Å²) < 4.78 is 10.9. The summed E-state index contributed by atoms with van der Waals surface area (Å²) in [6.45, 7) is 2.14. The Bertz CT molecular complexity index is 411. The lowest BCUT2D eigenvalue weighted by atomic mass is 9.96. The zero-order chi connectivity index (χ0) is 12.5. The van der Waals surface area contributed by atoms with Crippen molar-refractivity contribution in [1.29, 1.82) is 0 Å². The van der Waals surface area contributed by atoms with Gasteiger partial charge in [0.05, 0.1) is 14.2 Å². The molecule has 0 atom stereocenters. The predicted molar refractivity (Wildman–Crippen MR) is 68.8 cm³/mol. The van der Waals surface area contributed by atoms with Crippen LogP contribution in [0.15, 0.2) is 12.1 Å². The maximum Gasteiger partial charge on any atom is 0.122 e. The molecule has 1 saturated carbocycles. The molecule has 1 fully saturated rings. The summed E-state index contributed by atoms with van der Waals surface area (Å²) in [5, 5.41) is 0. The van der Waals surface area contributed by atoms with E-state index in [0.717, 1.165) is 37.2 Å². The number of methoxy groups -OCH3 is 2. The Morgan fingerprint density at radius 2 is 1.65 bits per heavy atom. The number of rotatable bonds is 5. The van der Waals surface area contributed by atoms with Crippen molar-refractivity contribution in [1.82, 2.24) is 0 Å². The Balaban J connectivity index is 2.42. The van der Waals surface area contributed by atoms with Gasteiger partial charge in [0.15, 0.2) is 0 Å². The van der Waals surface area contributed by atoms with Gasteiger partial charge >= 0.3 is 0 Å². The van der Waals surface area contributed by atoms with Gasteiger partial charge in [0.1, 0.15) is 11.5 Å². The summed E-state index contributed by atoms with van der Waals surface area (Å²) in [5.41, 5.74) is 8.65. The molecule has 0 aliphatic heterocycles. The van der Waals surface area contributed by atoms with Gasteiger partial charge in [0.25, 0.3) is 0 Å². The highest BCUT2D eigenvalue weighted by molar-refractivity contribution is 5.50. The third-order valence-electron chi connectivity index (χ3n) is 3.56. The minimum atomic E-state index is -0.0104. The normalized spacial score (nSPS) is 16.7. The van der Waals surface area contributed by atoms with Crippen LogP contribution < -0.4 is 15.2 Å². The summed E-state index contributed by atoms with van der Waals surface area (Å²) in [6, 6.07) is 3.94. The van der Waals surface area contributed by atoms with Crippen molar-refractivity contribution in [2.45, 2.75) is 38.1 Å². The van der Waals surface area contributed by atoms with E-state index in [1.807, 2.05) is 12.1 Å². The molecule has 1 aromatic rings. The van der Waals surface area contributed by atoms with Crippen LogP contribution in [0, 0.1) is 0 Å². The molecule has 0 unspecified atom stereocenters. The third-order valence-corrected chi connectivity index (χ3v) is 3.56. The minimum absolute atomic E-state index is 0.0104. The van der Waals surface area contributed by atoms with Gasteiger partial charge in [-0.1, -0.05) is 6.92 Å². The predicted octanol–water partition coefficient (Wildman–Crippen LogP) is 2.30. The van der Waals surface area contributed by atoms with E-state index in [0.29, 0.717) is 0 Å². The van der Waals surface area contributed by atoms with Gasteiger partial charge in [0.2, 0.25) is 0 Å². The van der Waals surface area contributed by atoms with Crippen LogP contribution in [0.2, 0.25) is 0 Å². The minimum Gasteiger partial charge on any atom is -0.496 e. The Hall–Kier alpha value is -1.22. The topological polar surface area (TPSA) is 44.5 Å². The molecule has 1 aromatic carbocycles. The molecular formula is C14H21NO2. The number of ether oxygens (including phenoxy) is 2. The van der Waals surface area contributed by atoms with Gasteiger partial charge in [-0.2, -0.15) is 0 Å². The Morgan fingerprint density at radius 1 is 1.12 bits per heavy atom. The molecule has 3 heteroatoms. The van der Waals surface area contributed by atoms with E-state index < -0.39 is 0 Å². The van der Waals surface area contributed by atoms with Crippen molar-refractivity contribution >= 4 is 0 Å². The highest BCUT2D eigenvalue weighted by Crippen LogP contribution is 2.41. The van der Waals surface area contributed by atoms with Gasteiger partial charge in [-0.3, -0.25) is 0 Å². The molecule has 0 spiro atoms. The van der Waals surface area contributed by atoms with Crippen LogP contribution in [0.4, 0.5) is 0 Å². The van der Waals surface area contributed by atoms with Crippen LogP contribution in [0.3, 0.4) is 0 Å². The van der Waals surface area contributed by atoms with Crippen molar-refractivity contribution < 1.29 is 9.47 Å². The molecule has 17 heavy (non-hydrogen) atoms. The van der Waals surface area contributed by atoms with Gasteiger partial charge < -0.3 is 15.2 Å². The summed E-state index contributed by atoms with van der Waals surface area (Å²) in [7, 11) is 3.42. The van der Waals surface area contributed by atoms with Crippen molar-refractivity contribution in [3.8, 4) is 11.5 Å². The van der Waals surface area contributed by atoms with Gasteiger partial charge in [-0.05, 0) is 37.8 Å². The molecule has 0 saturated heterocycles. The van der Waals surface area contributed by atoms with E-state index >= 15 is 0 Å². The van der Waals surface area contributed by atoms with E-state index in [2.05, 4.69) is 6.92 Å². The average Bonchev–Trinajstić information content (AvgIpc) is 3.06. The fourth-order valence-electron chi connectivity index (χ4n) is 2.30. The first-order valence-corrected chi connectivity index (χ1v) is 6.15. The third kappa shape index (κ3) is 2.39. The zero-order valence-electron chi connectivity index (χ0n) is 10.9. The van der Waals surface area contributed by atoms with Crippen molar-refractivity contribution in [3.63, 3.8) is 0 Å². The average molecular weight is 235 g/mol. The number of hydrogen-bond acceptors (Lipinski definition) is 3. The van der Waals surface area contributed by atoms with Crippen molar-refractivity contribution in [2.24, 2.45) is 5.73 Å². The SMILES string of the molecule is CCc1c(OC)ccc(OC)c1CC1(N)CC1. The van der Waals surface area contributed by atoms with Crippen molar-refractivity contribution in [2.75, 3.05) is 14.2 Å². The number of nitrogens with two attached hydrogens (primary N) is 1. The van der Waals surface area contributed by atoms with Gasteiger partial charge in [-0.25, -0.2) is 0 Å².